The third-order valence-corrected chi connectivity index (χ3v) is 2.14. The first-order valence-electron chi connectivity index (χ1n) is 3.93. The number of hydrogen-bond acceptors (Lipinski definition) is 1. The van der Waals surface area contributed by atoms with Crippen LogP contribution in [0.2, 0.25) is 5.02 Å². The molecule has 64 valence electrons. The molecule has 0 aliphatic rings. The number of aldehydes is 1. The summed E-state index contributed by atoms with van der Waals surface area (Å²) >= 11 is 5.72. The molecule has 0 fully saturated rings. The van der Waals surface area contributed by atoms with Gasteiger partial charge < -0.3 is 4.79 Å². The van der Waals surface area contributed by atoms with E-state index in [1.165, 1.54) is 0 Å². The Morgan fingerprint density at radius 3 is 2.50 bits per heavy atom. The van der Waals surface area contributed by atoms with Crippen LogP contribution in [0.5, 0.6) is 0 Å². The Bertz CT molecular complexity index is 253. The van der Waals surface area contributed by atoms with Gasteiger partial charge in [-0.25, -0.2) is 0 Å². The van der Waals surface area contributed by atoms with E-state index in [2.05, 4.69) is 0 Å². The Morgan fingerprint density at radius 2 is 2.00 bits per heavy atom. The van der Waals surface area contributed by atoms with E-state index in [-0.39, 0.29) is 0 Å². The van der Waals surface area contributed by atoms with Crippen molar-refractivity contribution in [3.8, 4) is 0 Å². The normalized spacial score (nSPS) is 12.5. The van der Waals surface area contributed by atoms with Crippen LogP contribution < -0.4 is 0 Å². The molecule has 2 heteroatoms. The third kappa shape index (κ3) is 2.35. The summed E-state index contributed by atoms with van der Waals surface area (Å²) in [4.78, 5) is 10.2. The van der Waals surface area contributed by atoms with Crippen LogP contribution in [0, 0.1) is 0 Å². The van der Waals surface area contributed by atoms with Gasteiger partial charge in [-0.15, -0.1) is 0 Å². The van der Waals surface area contributed by atoms with E-state index in [1.807, 2.05) is 31.2 Å². The molecule has 0 aliphatic heterocycles. The van der Waals surface area contributed by atoms with E-state index >= 15 is 0 Å². The topological polar surface area (TPSA) is 17.1 Å². The van der Waals surface area contributed by atoms with Gasteiger partial charge in [0.25, 0.3) is 0 Å². The van der Waals surface area contributed by atoms with Gasteiger partial charge in [-0.2, -0.15) is 0 Å². The predicted octanol–water partition coefficient (Wildman–Crippen LogP) is 3.03. The molecule has 1 rings (SSSR count). The molecule has 12 heavy (non-hydrogen) atoms. The first-order chi connectivity index (χ1) is 5.74. The Labute approximate surface area is 77.4 Å². The van der Waals surface area contributed by atoms with Crippen molar-refractivity contribution in [1.29, 1.82) is 0 Å². The zero-order chi connectivity index (χ0) is 8.97. The summed E-state index contributed by atoms with van der Waals surface area (Å²) in [7, 11) is 0. The zero-order valence-corrected chi connectivity index (χ0v) is 7.71. The Morgan fingerprint density at radius 1 is 1.42 bits per heavy atom. The summed E-state index contributed by atoms with van der Waals surface area (Å²) in [5.74, 6) is 0.291. The minimum Gasteiger partial charge on any atom is -0.303 e. The average Bonchev–Trinajstić information content (AvgIpc) is 2.06. The Kier molecular flexibility index (Phi) is 3.30. The molecule has 0 unspecified atom stereocenters. The van der Waals surface area contributed by atoms with Crippen molar-refractivity contribution in [2.24, 2.45) is 0 Å². The highest BCUT2D eigenvalue weighted by Gasteiger charge is 2.03. The van der Waals surface area contributed by atoms with Gasteiger partial charge in [0.05, 0.1) is 0 Å². The molecule has 0 saturated heterocycles. The summed E-state index contributed by atoms with van der Waals surface area (Å²) in [5, 5.41) is 0.733. The maximum atomic E-state index is 10.2. The van der Waals surface area contributed by atoms with Crippen LogP contribution in [0.4, 0.5) is 0 Å². The number of halogens is 1. The molecule has 1 aromatic rings. The first kappa shape index (κ1) is 9.27. The number of rotatable bonds is 3. The van der Waals surface area contributed by atoms with Crippen molar-refractivity contribution in [3.05, 3.63) is 34.9 Å². The van der Waals surface area contributed by atoms with Crippen LogP contribution in [-0.4, -0.2) is 6.29 Å². The Hall–Kier alpha value is -0.820. The predicted molar refractivity (Wildman–Crippen MR) is 50.5 cm³/mol. The Balaban J connectivity index is 2.74. The van der Waals surface area contributed by atoms with Crippen LogP contribution in [0.3, 0.4) is 0 Å². The van der Waals surface area contributed by atoms with Gasteiger partial charge in [0, 0.05) is 11.4 Å². The fourth-order valence-corrected chi connectivity index (χ4v) is 1.20. The molecule has 1 nitrogen and oxygen atoms in total. The lowest BCUT2D eigenvalue weighted by Crippen LogP contribution is -1.93. The molecule has 1 atom stereocenters. The monoisotopic (exact) mass is 182 g/mol. The molecule has 0 saturated carbocycles. The molecule has 0 heterocycles. The molecule has 1 aromatic carbocycles. The quantitative estimate of drug-likeness (QED) is 0.657. The minimum absolute atomic E-state index is 0.291. The van der Waals surface area contributed by atoms with Crippen molar-refractivity contribution in [2.75, 3.05) is 0 Å². The number of hydrogen-bond donors (Lipinski definition) is 0. The fraction of sp³-hybridized carbons (Fsp3) is 0.300. The molecule has 0 amide bonds. The van der Waals surface area contributed by atoms with E-state index < -0.39 is 0 Å². The van der Waals surface area contributed by atoms with Crippen molar-refractivity contribution in [2.45, 2.75) is 19.3 Å². The zero-order valence-electron chi connectivity index (χ0n) is 6.96. The van der Waals surface area contributed by atoms with Crippen LogP contribution in [0.15, 0.2) is 24.3 Å². The van der Waals surface area contributed by atoms with Crippen molar-refractivity contribution in [3.63, 3.8) is 0 Å². The maximum absolute atomic E-state index is 10.2. The van der Waals surface area contributed by atoms with E-state index in [9.17, 15) is 4.79 Å². The molecule has 0 aromatic heterocycles. The number of carbonyl (C=O) groups excluding carboxylic acids is 1. The highest BCUT2D eigenvalue weighted by Crippen LogP contribution is 2.19. The van der Waals surface area contributed by atoms with Gasteiger partial charge >= 0.3 is 0 Å². The summed E-state index contributed by atoms with van der Waals surface area (Å²) in [6.07, 6.45) is 1.51. The van der Waals surface area contributed by atoms with Gasteiger partial charge in [-0.1, -0.05) is 30.7 Å². The molecular weight excluding hydrogens is 172 g/mol. The summed E-state index contributed by atoms with van der Waals surface area (Å²) in [5.41, 5.74) is 1.16. The lowest BCUT2D eigenvalue weighted by molar-refractivity contribution is -0.108. The summed E-state index contributed by atoms with van der Waals surface area (Å²) < 4.78 is 0. The molecule has 0 radical (unpaired) electrons. The fourth-order valence-electron chi connectivity index (χ4n) is 1.07. The van der Waals surface area contributed by atoms with Crippen LogP contribution >= 0.6 is 11.6 Å². The highest BCUT2D eigenvalue weighted by atomic mass is 35.5. The van der Waals surface area contributed by atoms with Gasteiger partial charge in [0.15, 0.2) is 0 Å². The number of benzene rings is 1. The summed E-state index contributed by atoms with van der Waals surface area (Å²) in [6, 6.07) is 7.60. The third-order valence-electron chi connectivity index (χ3n) is 1.89. The standard InChI is InChI=1S/C10H11ClO/c1-8(6-7-12)9-2-4-10(11)5-3-9/h2-5,7-8H,6H2,1H3/t8-/m0/s1. The van der Waals surface area contributed by atoms with Gasteiger partial charge in [0.2, 0.25) is 0 Å². The second-order valence-corrected chi connectivity index (χ2v) is 3.29. The second kappa shape index (κ2) is 4.27. The van der Waals surface area contributed by atoms with Crippen molar-refractivity contribution in [1.82, 2.24) is 0 Å². The number of carbonyl (C=O) groups is 1. The molecule has 0 spiro atoms. The van der Waals surface area contributed by atoms with Crippen LogP contribution in [0.1, 0.15) is 24.8 Å². The van der Waals surface area contributed by atoms with Gasteiger partial charge in [-0.3, -0.25) is 0 Å². The van der Waals surface area contributed by atoms with E-state index in [4.69, 9.17) is 11.6 Å². The lowest BCUT2D eigenvalue weighted by Gasteiger charge is -2.06. The van der Waals surface area contributed by atoms with Gasteiger partial charge in [-0.05, 0) is 23.6 Å². The van der Waals surface area contributed by atoms with Crippen LogP contribution in [0.25, 0.3) is 0 Å². The SMILES string of the molecule is C[C@@H](CC=O)c1ccc(Cl)cc1. The van der Waals surface area contributed by atoms with Crippen LogP contribution in [-0.2, 0) is 4.79 Å². The molecule has 0 N–H and O–H groups in total. The lowest BCUT2D eigenvalue weighted by atomic mass is 9.99. The van der Waals surface area contributed by atoms with E-state index in [1.54, 1.807) is 0 Å². The minimum atomic E-state index is 0.291. The largest absolute Gasteiger partial charge is 0.303 e. The maximum Gasteiger partial charge on any atom is 0.120 e. The first-order valence-corrected chi connectivity index (χ1v) is 4.31. The molecular formula is C10H11ClO. The average molecular weight is 183 g/mol. The van der Waals surface area contributed by atoms with E-state index in [0.29, 0.717) is 12.3 Å². The van der Waals surface area contributed by atoms with Crippen molar-refractivity contribution < 1.29 is 4.79 Å². The summed E-state index contributed by atoms with van der Waals surface area (Å²) in [6.45, 7) is 2.03. The van der Waals surface area contributed by atoms with Gasteiger partial charge in [0.1, 0.15) is 6.29 Å². The van der Waals surface area contributed by atoms with E-state index in [0.717, 1.165) is 16.9 Å². The molecule has 0 bridgehead atoms. The second-order valence-electron chi connectivity index (χ2n) is 2.85. The smallest absolute Gasteiger partial charge is 0.120 e. The molecule has 0 aliphatic carbocycles. The van der Waals surface area contributed by atoms with Crippen molar-refractivity contribution >= 4 is 17.9 Å². The highest BCUT2D eigenvalue weighted by molar-refractivity contribution is 6.30.